The number of anilines is 1. The number of imidazole rings is 1. The van der Waals surface area contributed by atoms with Crippen LogP contribution in [0.25, 0.3) is 11.0 Å². The molecular weight excluding hydrogens is 411 g/mol. The molecule has 2 aromatic carbocycles. The zero-order valence-corrected chi connectivity index (χ0v) is 18.6. The van der Waals surface area contributed by atoms with E-state index in [-0.39, 0.29) is 18.5 Å². The van der Waals surface area contributed by atoms with E-state index in [9.17, 15) is 9.18 Å². The maximum atomic E-state index is 14.2. The van der Waals surface area contributed by atoms with Crippen LogP contribution in [0, 0.1) is 5.82 Å². The average Bonchev–Trinajstić information content (AvgIpc) is 3.16. The molecule has 0 spiro atoms. The third-order valence-corrected chi connectivity index (χ3v) is 5.49. The Balaban J connectivity index is 1.54. The Morgan fingerprint density at radius 3 is 2.78 bits per heavy atom. The lowest BCUT2D eigenvalue weighted by Crippen LogP contribution is -2.49. The lowest BCUT2D eigenvalue weighted by Gasteiger charge is -2.39. The van der Waals surface area contributed by atoms with Crippen molar-refractivity contribution in [3.05, 3.63) is 59.7 Å². The fraction of sp³-hybridized carbons (Fsp3) is 0.417. The maximum Gasteiger partial charge on any atom is 0.411 e. The number of nitrogens with two attached hydrogens (primary N) is 1. The molecule has 1 fully saturated rings. The average molecular weight is 441 g/mol. The van der Waals surface area contributed by atoms with Crippen LogP contribution in [-0.2, 0) is 15.9 Å². The summed E-state index contributed by atoms with van der Waals surface area (Å²) in [6.45, 7) is 6.07. The van der Waals surface area contributed by atoms with Gasteiger partial charge in [0.25, 0.3) is 0 Å². The van der Waals surface area contributed by atoms with E-state index >= 15 is 0 Å². The van der Waals surface area contributed by atoms with Crippen LogP contribution in [0.3, 0.4) is 0 Å². The Bertz CT molecular complexity index is 1050. The Kier molecular flexibility index (Phi) is 6.06. The van der Waals surface area contributed by atoms with Crippen molar-refractivity contribution in [2.75, 3.05) is 18.9 Å². The van der Waals surface area contributed by atoms with Crippen molar-refractivity contribution in [1.82, 2.24) is 14.9 Å². The standard InChI is InChI=1S/C24H29FN4O3/c1-24(2,3)32-23(30)29-13-15(11-12-16-17(25)7-6-8-18(16)26)31-14-21(29)22-27-19-9-4-5-10-20(19)28-22/h4-10,15,21H,11-14,26H2,1-3H3,(H,27,28)/t15-,21+/m1/s1. The number of aromatic amines is 1. The van der Waals surface area contributed by atoms with Crippen LogP contribution in [0.5, 0.6) is 0 Å². The van der Waals surface area contributed by atoms with Gasteiger partial charge in [-0.05, 0) is 57.9 Å². The Labute approximate surface area is 186 Å². The zero-order valence-electron chi connectivity index (χ0n) is 18.6. The number of hydrogen-bond donors (Lipinski definition) is 2. The van der Waals surface area contributed by atoms with Gasteiger partial charge in [0.05, 0.1) is 30.3 Å². The number of amides is 1. The van der Waals surface area contributed by atoms with Crippen molar-refractivity contribution in [3.8, 4) is 0 Å². The van der Waals surface area contributed by atoms with E-state index in [0.29, 0.717) is 36.5 Å². The van der Waals surface area contributed by atoms with E-state index < -0.39 is 17.7 Å². The molecule has 7 nitrogen and oxygen atoms in total. The van der Waals surface area contributed by atoms with Crippen molar-refractivity contribution >= 4 is 22.8 Å². The first kappa shape index (κ1) is 22.1. The monoisotopic (exact) mass is 440 g/mol. The summed E-state index contributed by atoms with van der Waals surface area (Å²) in [6.07, 6.45) is 0.238. The molecule has 1 aromatic heterocycles. The molecule has 0 saturated carbocycles. The number of nitrogens with one attached hydrogen (secondary N) is 1. The van der Waals surface area contributed by atoms with Gasteiger partial charge < -0.3 is 20.2 Å². The van der Waals surface area contributed by atoms with Gasteiger partial charge in [0.2, 0.25) is 0 Å². The van der Waals surface area contributed by atoms with Gasteiger partial charge in [0, 0.05) is 11.3 Å². The maximum absolute atomic E-state index is 14.2. The van der Waals surface area contributed by atoms with E-state index in [0.717, 1.165) is 11.0 Å². The number of benzene rings is 2. The van der Waals surface area contributed by atoms with Gasteiger partial charge >= 0.3 is 6.09 Å². The first-order chi connectivity index (χ1) is 15.2. The minimum absolute atomic E-state index is 0.260. The van der Waals surface area contributed by atoms with Gasteiger partial charge in [-0.25, -0.2) is 14.2 Å². The van der Waals surface area contributed by atoms with Gasteiger partial charge in [-0.2, -0.15) is 0 Å². The van der Waals surface area contributed by atoms with Crippen molar-refractivity contribution < 1.29 is 18.7 Å². The number of H-pyrrole nitrogens is 1. The second kappa shape index (κ2) is 8.78. The molecule has 2 atom stereocenters. The SMILES string of the molecule is CC(C)(C)OC(=O)N1C[C@@H](CCc2c(N)cccc2F)OC[C@H]1c1nc2ccccc2[nH]1. The van der Waals surface area contributed by atoms with Crippen LogP contribution < -0.4 is 5.73 Å². The largest absolute Gasteiger partial charge is 0.444 e. The van der Waals surface area contributed by atoms with Gasteiger partial charge in [-0.3, -0.25) is 4.90 Å². The van der Waals surface area contributed by atoms with Crippen LogP contribution >= 0.6 is 0 Å². The van der Waals surface area contributed by atoms with Gasteiger partial charge in [-0.15, -0.1) is 0 Å². The van der Waals surface area contributed by atoms with Crippen LogP contribution in [-0.4, -0.2) is 45.8 Å². The molecule has 0 unspecified atom stereocenters. The summed E-state index contributed by atoms with van der Waals surface area (Å²) in [7, 11) is 0. The first-order valence-electron chi connectivity index (χ1n) is 10.8. The number of rotatable bonds is 4. The molecule has 170 valence electrons. The molecular formula is C24H29FN4O3. The Morgan fingerprint density at radius 1 is 1.28 bits per heavy atom. The summed E-state index contributed by atoms with van der Waals surface area (Å²) in [5.41, 5.74) is 7.91. The highest BCUT2D eigenvalue weighted by Crippen LogP contribution is 2.30. The van der Waals surface area contributed by atoms with E-state index in [1.54, 1.807) is 17.0 Å². The molecule has 3 N–H and O–H groups in total. The zero-order chi connectivity index (χ0) is 22.9. The fourth-order valence-corrected chi connectivity index (χ4v) is 3.91. The van der Waals surface area contributed by atoms with E-state index in [2.05, 4.69) is 9.97 Å². The predicted molar refractivity (Wildman–Crippen MR) is 121 cm³/mol. The summed E-state index contributed by atoms with van der Waals surface area (Å²) in [6, 6.07) is 12.0. The summed E-state index contributed by atoms with van der Waals surface area (Å²) in [5.74, 6) is 0.318. The smallest absolute Gasteiger partial charge is 0.411 e. The molecule has 2 heterocycles. The molecule has 1 amide bonds. The van der Waals surface area contributed by atoms with Crippen molar-refractivity contribution in [2.24, 2.45) is 0 Å². The summed E-state index contributed by atoms with van der Waals surface area (Å²) < 4.78 is 25.9. The topological polar surface area (TPSA) is 93.5 Å². The van der Waals surface area contributed by atoms with Crippen LogP contribution in [0.1, 0.15) is 44.6 Å². The number of morpholine rings is 1. The summed E-state index contributed by atoms with van der Waals surface area (Å²) in [5, 5.41) is 0. The fourth-order valence-electron chi connectivity index (χ4n) is 3.91. The number of nitrogen functional groups attached to an aromatic ring is 1. The molecule has 1 aliphatic rings. The highest BCUT2D eigenvalue weighted by atomic mass is 19.1. The second-order valence-corrected chi connectivity index (χ2v) is 9.09. The van der Waals surface area contributed by atoms with E-state index in [4.69, 9.17) is 15.2 Å². The Hall–Kier alpha value is -3.13. The van der Waals surface area contributed by atoms with Crippen molar-refractivity contribution in [2.45, 2.75) is 51.4 Å². The third kappa shape index (κ3) is 4.85. The molecule has 8 heteroatoms. The van der Waals surface area contributed by atoms with Gasteiger partial charge in [0.1, 0.15) is 23.3 Å². The number of halogens is 1. The number of carbonyl (C=O) groups is 1. The first-order valence-corrected chi connectivity index (χ1v) is 10.8. The van der Waals surface area contributed by atoms with Crippen molar-refractivity contribution in [3.63, 3.8) is 0 Å². The number of aromatic nitrogens is 2. The highest BCUT2D eigenvalue weighted by Gasteiger charge is 2.37. The lowest BCUT2D eigenvalue weighted by atomic mass is 10.0. The summed E-state index contributed by atoms with van der Waals surface area (Å²) >= 11 is 0. The third-order valence-electron chi connectivity index (χ3n) is 5.49. The minimum Gasteiger partial charge on any atom is -0.444 e. The van der Waals surface area contributed by atoms with E-state index in [1.807, 2.05) is 45.0 Å². The minimum atomic E-state index is -0.634. The normalized spacial score (nSPS) is 19.3. The van der Waals surface area contributed by atoms with Crippen molar-refractivity contribution in [1.29, 1.82) is 0 Å². The quantitative estimate of drug-likeness (QED) is 0.579. The van der Waals surface area contributed by atoms with Crippen LogP contribution in [0.2, 0.25) is 0 Å². The van der Waals surface area contributed by atoms with Crippen LogP contribution in [0.4, 0.5) is 14.9 Å². The number of carbonyl (C=O) groups excluding carboxylic acids is 1. The number of para-hydroxylation sites is 2. The number of nitrogens with zero attached hydrogens (tertiary/aromatic N) is 2. The molecule has 1 aliphatic heterocycles. The van der Waals surface area contributed by atoms with Crippen LogP contribution in [0.15, 0.2) is 42.5 Å². The second-order valence-electron chi connectivity index (χ2n) is 9.09. The number of ether oxygens (including phenoxy) is 2. The van der Waals surface area contributed by atoms with E-state index in [1.165, 1.54) is 6.07 Å². The van der Waals surface area contributed by atoms with Gasteiger partial charge in [-0.1, -0.05) is 18.2 Å². The molecule has 3 aromatic rings. The number of fused-ring (bicyclic) bond motifs is 1. The predicted octanol–water partition coefficient (Wildman–Crippen LogP) is 4.59. The molecule has 1 saturated heterocycles. The number of hydrogen-bond acceptors (Lipinski definition) is 5. The van der Waals surface area contributed by atoms with Gasteiger partial charge in [0.15, 0.2) is 0 Å². The highest BCUT2D eigenvalue weighted by molar-refractivity contribution is 5.75. The molecule has 4 rings (SSSR count). The molecule has 0 aliphatic carbocycles. The summed E-state index contributed by atoms with van der Waals surface area (Å²) in [4.78, 5) is 22.7. The molecule has 32 heavy (non-hydrogen) atoms. The molecule has 0 radical (unpaired) electrons. The lowest BCUT2D eigenvalue weighted by molar-refractivity contribution is -0.0746. The molecule has 0 bridgehead atoms. The Morgan fingerprint density at radius 2 is 2.06 bits per heavy atom.